The number of nitrogens with one attached hydrogen (secondary N) is 1. The fourth-order valence-corrected chi connectivity index (χ4v) is 1.26. The molecule has 1 N–H and O–H groups in total. The highest BCUT2D eigenvalue weighted by Crippen LogP contribution is 2.07. The highest BCUT2D eigenvalue weighted by molar-refractivity contribution is 5.48. The Morgan fingerprint density at radius 2 is 2.19 bits per heavy atom. The first-order valence-electron chi connectivity index (χ1n) is 5.50. The zero-order chi connectivity index (χ0) is 12.0. The van der Waals surface area contributed by atoms with Gasteiger partial charge in [-0.3, -0.25) is 4.98 Å². The van der Waals surface area contributed by atoms with Crippen LogP contribution in [-0.4, -0.2) is 17.1 Å². The molecule has 1 heterocycles. The summed E-state index contributed by atoms with van der Waals surface area (Å²) in [5, 5.41) is 3.37. The van der Waals surface area contributed by atoms with Crippen LogP contribution >= 0.6 is 0 Å². The summed E-state index contributed by atoms with van der Waals surface area (Å²) in [7, 11) is 0. The minimum Gasteiger partial charge on any atom is -0.312 e. The summed E-state index contributed by atoms with van der Waals surface area (Å²) in [6.07, 6.45) is 7.47. The number of halogens is 1. The topological polar surface area (TPSA) is 24.9 Å². The van der Waals surface area contributed by atoms with Crippen molar-refractivity contribution >= 4 is 6.08 Å². The lowest BCUT2D eigenvalue weighted by molar-refractivity contribution is 0.431. The highest BCUT2D eigenvalue weighted by atomic mass is 19.1. The average molecular weight is 222 g/mol. The second kappa shape index (κ2) is 5.75. The second-order valence-corrected chi connectivity index (χ2v) is 4.77. The van der Waals surface area contributed by atoms with Crippen molar-refractivity contribution in [2.45, 2.75) is 32.7 Å². The second-order valence-electron chi connectivity index (χ2n) is 4.77. The third-order valence-corrected chi connectivity index (χ3v) is 2.07. The van der Waals surface area contributed by atoms with Crippen molar-refractivity contribution in [2.75, 3.05) is 6.54 Å². The largest absolute Gasteiger partial charge is 0.312 e. The molecule has 0 amide bonds. The Balaban J connectivity index is 2.36. The maximum absolute atomic E-state index is 13.2. The molecule has 0 aliphatic carbocycles. The van der Waals surface area contributed by atoms with Crippen LogP contribution in [0, 0.1) is 5.82 Å². The quantitative estimate of drug-likeness (QED) is 0.792. The summed E-state index contributed by atoms with van der Waals surface area (Å²) < 4.78 is 13.2. The van der Waals surface area contributed by atoms with E-state index in [4.69, 9.17) is 0 Å². The van der Waals surface area contributed by atoms with Gasteiger partial charge in [0, 0.05) is 17.3 Å². The molecule has 88 valence electrons. The molecule has 0 saturated heterocycles. The number of hydrogen-bond acceptors (Lipinski definition) is 2. The van der Waals surface area contributed by atoms with Crippen molar-refractivity contribution in [3.05, 3.63) is 35.9 Å². The molecular weight excluding hydrogens is 203 g/mol. The summed E-state index contributed by atoms with van der Waals surface area (Å²) in [4.78, 5) is 3.70. The van der Waals surface area contributed by atoms with Gasteiger partial charge < -0.3 is 5.32 Å². The number of aromatic nitrogens is 1. The molecule has 1 rings (SSSR count). The van der Waals surface area contributed by atoms with Crippen LogP contribution in [-0.2, 0) is 0 Å². The Kier molecular flexibility index (Phi) is 4.62. The molecule has 0 fully saturated rings. The SMILES string of the molecule is CC(C)(C)NCC/C=C/c1ccncc1F. The van der Waals surface area contributed by atoms with Gasteiger partial charge in [-0.05, 0) is 39.8 Å². The van der Waals surface area contributed by atoms with Crippen molar-refractivity contribution in [1.29, 1.82) is 0 Å². The van der Waals surface area contributed by atoms with E-state index in [2.05, 4.69) is 31.1 Å². The number of rotatable bonds is 4. The van der Waals surface area contributed by atoms with E-state index in [-0.39, 0.29) is 11.4 Å². The van der Waals surface area contributed by atoms with E-state index in [1.807, 2.05) is 6.08 Å². The fourth-order valence-electron chi connectivity index (χ4n) is 1.26. The lowest BCUT2D eigenvalue weighted by Gasteiger charge is -2.19. The maximum atomic E-state index is 13.2. The molecule has 0 aromatic carbocycles. The Morgan fingerprint density at radius 1 is 1.44 bits per heavy atom. The monoisotopic (exact) mass is 222 g/mol. The third kappa shape index (κ3) is 5.03. The fraction of sp³-hybridized carbons (Fsp3) is 0.462. The molecule has 16 heavy (non-hydrogen) atoms. The molecule has 0 saturated carbocycles. The number of nitrogens with zero attached hydrogens (tertiary/aromatic N) is 1. The molecule has 0 radical (unpaired) electrons. The molecule has 0 aliphatic heterocycles. The van der Waals surface area contributed by atoms with E-state index in [9.17, 15) is 4.39 Å². The highest BCUT2D eigenvalue weighted by Gasteiger charge is 2.06. The molecule has 0 bridgehead atoms. The molecule has 0 atom stereocenters. The van der Waals surface area contributed by atoms with Crippen LogP contribution in [0.2, 0.25) is 0 Å². The van der Waals surface area contributed by atoms with E-state index in [0.717, 1.165) is 13.0 Å². The van der Waals surface area contributed by atoms with Gasteiger partial charge in [0.2, 0.25) is 0 Å². The van der Waals surface area contributed by atoms with E-state index < -0.39 is 0 Å². The molecule has 0 spiro atoms. The van der Waals surface area contributed by atoms with Crippen LogP contribution in [0.4, 0.5) is 4.39 Å². The third-order valence-electron chi connectivity index (χ3n) is 2.07. The summed E-state index contributed by atoms with van der Waals surface area (Å²) in [5.41, 5.74) is 0.723. The minimum atomic E-state index is -0.275. The predicted molar refractivity (Wildman–Crippen MR) is 65.6 cm³/mol. The van der Waals surface area contributed by atoms with Gasteiger partial charge in [0.15, 0.2) is 0 Å². The molecule has 3 heteroatoms. The van der Waals surface area contributed by atoms with Crippen molar-refractivity contribution in [3.63, 3.8) is 0 Å². The zero-order valence-electron chi connectivity index (χ0n) is 10.1. The standard InChI is InChI=1S/C13H19FN2/c1-13(2,3)16-8-5-4-6-11-7-9-15-10-12(11)14/h4,6-7,9-10,16H,5,8H2,1-3H3/b6-4+. The molecule has 1 aromatic rings. The van der Waals surface area contributed by atoms with Gasteiger partial charge in [0.1, 0.15) is 5.82 Å². The summed E-state index contributed by atoms with van der Waals surface area (Å²) >= 11 is 0. The first kappa shape index (κ1) is 12.8. The Hall–Kier alpha value is -1.22. The molecule has 1 aromatic heterocycles. The van der Waals surface area contributed by atoms with Crippen LogP contribution in [0.5, 0.6) is 0 Å². The van der Waals surface area contributed by atoms with Crippen LogP contribution in [0.15, 0.2) is 24.5 Å². The Morgan fingerprint density at radius 3 is 2.81 bits per heavy atom. The van der Waals surface area contributed by atoms with Gasteiger partial charge in [-0.15, -0.1) is 0 Å². The first-order chi connectivity index (χ1) is 7.49. The van der Waals surface area contributed by atoms with E-state index in [1.54, 1.807) is 18.3 Å². The molecular formula is C13H19FN2. The van der Waals surface area contributed by atoms with Crippen LogP contribution < -0.4 is 5.32 Å². The summed E-state index contributed by atoms with van der Waals surface area (Å²) in [6, 6.07) is 1.67. The van der Waals surface area contributed by atoms with E-state index in [1.165, 1.54) is 6.20 Å². The van der Waals surface area contributed by atoms with Crippen molar-refractivity contribution < 1.29 is 4.39 Å². The zero-order valence-corrected chi connectivity index (χ0v) is 10.1. The summed E-state index contributed by atoms with van der Waals surface area (Å²) in [6.45, 7) is 7.27. The van der Waals surface area contributed by atoms with Gasteiger partial charge in [0.05, 0.1) is 6.20 Å². The molecule has 2 nitrogen and oxygen atoms in total. The Labute approximate surface area is 96.6 Å². The van der Waals surface area contributed by atoms with Crippen molar-refractivity contribution in [1.82, 2.24) is 10.3 Å². The van der Waals surface area contributed by atoms with Crippen LogP contribution in [0.3, 0.4) is 0 Å². The molecule has 0 unspecified atom stereocenters. The van der Waals surface area contributed by atoms with Crippen molar-refractivity contribution in [3.8, 4) is 0 Å². The van der Waals surface area contributed by atoms with Gasteiger partial charge in [-0.1, -0.05) is 12.2 Å². The Bertz CT molecular complexity index is 353. The van der Waals surface area contributed by atoms with Gasteiger partial charge in [0.25, 0.3) is 0 Å². The van der Waals surface area contributed by atoms with E-state index >= 15 is 0 Å². The first-order valence-corrected chi connectivity index (χ1v) is 5.50. The molecule has 0 aliphatic rings. The predicted octanol–water partition coefficient (Wildman–Crippen LogP) is 3.01. The normalized spacial score (nSPS) is 12.2. The van der Waals surface area contributed by atoms with Gasteiger partial charge in [-0.25, -0.2) is 4.39 Å². The van der Waals surface area contributed by atoms with Gasteiger partial charge in [-0.2, -0.15) is 0 Å². The lowest BCUT2D eigenvalue weighted by Crippen LogP contribution is -2.36. The van der Waals surface area contributed by atoms with Crippen LogP contribution in [0.1, 0.15) is 32.8 Å². The number of pyridine rings is 1. The van der Waals surface area contributed by atoms with E-state index in [0.29, 0.717) is 5.56 Å². The minimum absolute atomic E-state index is 0.135. The lowest BCUT2D eigenvalue weighted by atomic mass is 10.1. The van der Waals surface area contributed by atoms with Crippen LogP contribution in [0.25, 0.3) is 6.08 Å². The smallest absolute Gasteiger partial charge is 0.148 e. The maximum Gasteiger partial charge on any atom is 0.148 e. The number of hydrogen-bond donors (Lipinski definition) is 1. The summed E-state index contributed by atoms with van der Waals surface area (Å²) in [5.74, 6) is -0.275. The van der Waals surface area contributed by atoms with Crippen molar-refractivity contribution in [2.24, 2.45) is 0 Å². The average Bonchev–Trinajstić information content (AvgIpc) is 2.18. The van der Waals surface area contributed by atoms with Gasteiger partial charge >= 0.3 is 0 Å².